The largest absolute Gasteiger partial charge is 0.497 e. The van der Waals surface area contributed by atoms with Gasteiger partial charge in [0.05, 0.1) is 20.8 Å². The van der Waals surface area contributed by atoms with Gasteiger partial charge < -0.3 is 19.9 Å². The molecule has 5 heteroatoms. The summed E-state index contributed by atoms with van der Waals surface area (Å²) >= 11 is 0. The van der Waals surface area contributed by atoms with Crippen LogP contribution in [0.25, 0.3) is 0 Å². The third-order valence-corrected chi connectivity index (χ3v) is 3.81. The van der Waals surface area contributed by atoms with Gasteiger partial charge in [0.2, 0.25) is 0 Å². The van der Waals surface area contributed by atoms with Crippen molar-refractivity contribution in [1.82, 2.24) is 10.2 Å². The summed E-state index contributed by atoms with van der Waals surface area (Å²) in [5.74, 6) is 1.62. The second-order valence-electron chi connectivity index (χ2n) is 5.25. The standard InChI is InChI=1S/C15H24N2O3/c1-11-8-17(13(10-18)7-16-11)9-12-4-5-14(19-2)6-15(12)20-3/h4-6,11,13,16,18H,7-10H2,1-3H3/t11-,13-/m1/s1. The number of nitrogens with one attached hydrogen (secondary N) is 1. The molecule has 0 unspecified atom stereocenters. The summed E-state index contributed by atoms with van der Waals surface area (Å²) in [6.07, 6.45) is 0. The fourth-order valence-electron chi connectivity index (χ4n) is 2.61. The van der Waals surface area contributed by atoms with Crippen molar-refractivity contribution in [2.75, 3.05) is 33.9 Å². The van der Waals surface area contributed by atoms with E-state index in [4.69, 9.17) is 9.47 Å². The van der Waals surface area contributed by atoms with Gasteiger partial charge in [0.15, 0.2) is 0 Å². The number of benzene rings is 1. The van der Waals surface area contributed by atoms with Crippen LogP contribution in [0.3, 0.4) is 0 Å². The Bertz CT molecular complexity index is 439. The molecule has 1 aromatic carbocycles. The Kier molecular flexibility index (Phi) is 5.23. The summed E-state index contributed by atoms with van der Waals surface area (Å²) in [4.78, 5) is 2.30. The first kappa shape index (κ1) is 15.1. The Labute approximate surface area is 120 Å². The van der Waals surface area contributed by atoms with E-state index >= 15 is 0 Å². The lowest BCUT2D eigenvalue weighted by Gasteiger charge is -2.38. The molecule has 0 spiro atoms. The summed E-state index contributed by atoms with van der Waals surface area (Å²) in [5.41, 5.74) is 1.11. The SMILES string of the molecule is COc1ccc(CN2C[C@@H](C)NC[C@@H]2CO)c(OC)c1. The zero-order chi connectivity index (χ0) is 14.5. The lowest BCUT2D eigenvalue weighted by atomic mass is 10.1. The van der Waals surface area contributed by atoms with Gasteiger partial charge in [-0.1, -0.05) is 6.07 Å². The summed E-state index contributed by atoms with van der Waals surface area (Å²) in [6.45, 7) is 4.82. The molecule has 0 bridgehead atoms. The van der Waals surface area contributed by atoms with E-state index in [1.54, 1.807) is 14.2 Å². The minimum absolute atomic E-state index is 0.151. The third kappa shape index (κ3) is 3.42. The number of ether oxygens (including phenoxy) is 2. The van der Waals surface area contributed by atoms with Crippen LogP contribution in [0.5, 0.6) is 11.5 Å². The Morgan fingerprint density at radius 3 is 2.80 bits per heavy atom. The molecule has 0 saturated carbocycles. The fourth-order valence-corrected chi connectivity index (χ4v) is 2.61. The van der Waals surface area contributed by atoms with Crippen LogP contribution in [0.1, 0.15) is 12.5 Å². The molecule has 20 heavy (non-hydrogen) atoms. The number of methoxy groups -OCH3 is 2. The lowest BCUT2D eigenvalue weighted by molar-refractivity contribution is 0.0774. The molecule has 5 nitrogen and oxygen atoms in total. The van der Waals surface area contributed by atoms with Gasteiger partial charge in [-0.15, -0.1) is 0 Å². The van der Waals surface area contributed by atoms with E-state index in [0.29, 0.717) is 6.04 Å². The van der Waals surface area contributed by atoms with Crippen molar-refractivity contribution in [2.24, 2.45) is 0 Å². The first-order chi connectivity index (χ1) is 9.67. The van der Waals surface area contributed by atoms with Crippen LogP contribution >= 0.6 is 0 Å². The quantitative estimate of drug-likeness (QED) is 0.838. The zero-order valence-electron chi connectivity index (χ0n) is 12.4. The van der Waals surface area contributed by atoms with Gasteiger partial charge in [0, 0.05) is 43.3 Å². The Morgan fingerprint density at radius 1 is 1.35 bits per heavy atom. The molecule has 1 saturated heterocycles. The molecule has 2 rings (SSSR count). The molecule has 0 aromatic heterocycles. The topological polar surface area (TPSA) is 54.0 Å². The second kappa shape index (κ2) is 6.92. The average molecular weight is 280 g/mol. The third-order valence-electron chi connectivity index (χ3n) is 3.81. The Hall–Kier alpha value is -1.30. The maximum absolute atomic E-state index is 9.50. The van der Waals surface area contributed by atoms with E-state index in [1.807, 2.05) is 18.2 Å². The van der Waals surface area contributed by atoms with Crippen molar-refractivity contribution >= 4 is 0 Å². The van der Waals surface area contributed by atoms with Crippen LogP contribution < -0.4 is 14.8 Å². The molecular weight excluding hydrogens is 256 g/mol. The lowest BCUT2D eigenvalue weighted by Crippen LogP contribution is -2.56. The van der Waals surface area contributed by atoms with E-state index in [9.17, 15) is 5.11 Å². The molecule has 1 fully saturated rings. The van der Waals surface area contributed by atoms with Gasteiger partial charge in [-0.3, -0.25) is 4.90 Å². The average Bonchev–Trinajstić information content (AvgIpc) is 2.48. The van der Waals surface area contributed by atoms with E-state index in [1.165, 1.54) is 0 Å². The highest BCUT2D eigenvalue weighted by atomic mass is 16.5. The predicted octanol–water partition coefficient (Wildman–Crippen LogP) is 0.858. The number of nitrogens with zero attached hydrogens (tertiary/aromatic N) is 1. The van der Waals surface area contributed by atoms with Crippen LogP contribution in [0.2, 0.25) is 0 Å². The van der Waals surface area contributed by atoms with Crippen LogP contribution in [0.15, 0.2) is 18.2 Å². The molecule has 0 aliphatic carbocycles. The molecule has 2 N–H and O–H groups in total. The van der Waals surface area contributed by atoms with Gasteiger partial charge in [0.25, 0.3) is 0 Å². The first-order valence-corrected chi connectivity index (χ1v) is 6.97. The van der Waals surface area contributed by atoms with Gasteiger partial charge in [-0.05, 0) is 13.0 Å². The van der Waals surface area contributed by atoms with Crippen molar-refractivity contribution in [3.05, 3.63) is 23.8 Å². The Balaban J connectivity index is 2.15. The zero-order valence-corrected chi connectivity index (χ0v) is 12.4. The maximum Gasteiger partial charge on any atom is 0.127 e. The molecular formula is C15H24N2O3. The summed E-state index contributed by atoms with van der Waals surface area (Å²) in [6, 6.07) is 6.45. The van der Waals surface area contributed by atoms with Gasteiger partial charge >= 0.3 is 0 Å². The molecule has 1 heterocycles. The van der Waals surface area contributed by atoms with Crippen molar-refractivity contribution in [1.29, 1.82) is 0 Å². The van der Waals surface area contributed by atoms with Crippen LogP contribution in [-0.2, 0) is 6.54 Å². The van der Waals surface area contributed by atoms with E-state index < -0.39 is 0 Å². The normalized spacial score (nSPS) is 23.6. The van der Waals surface area contributed by atoms with E-state index in [2.05, 4.69) is 17.1 Å². The number of piperazine rings is 1. The first-order valence-electron chi connectivity index (χ1n) is 6.97. The monoisotopic (exact) mass is 280 g/mol. The second-order valence-corrected chi connectivity index (χ2v) is 5.25. The number of aliphatic hydroxyl groups excluding tert-OH is 1. The highest BCUT2D eigenvalue weighted by Gasteiger charge is 2.25. The predicted molar refractivity (Wildman–Crippen MR) is 78.3 cm³/mol. The molecule has 1 aromatic rings. The summed E-state index contributed by atoms with van der Waals surface area (Å²) in [7, 11) is 3.32. The van der Waals surface area contributed by atoms with Crippen molar-refractivity contribution in [2.45, 2.75) is 25.6 Å². The molecule has 112 valence electrons. The molecule has 0 radical (unpaired) electrons. The maximum atomic E-state index is 9.50. The smallest absolute Gasteiger partial charge is 0.127 e. The molecule has 2 atom stereocenters. The highest BCUT2D eigenvalue weighted by molar-refractivity contribution is 5.40. The minimum Gasteiger partial charge on any atom is -0.497 e. The van der Waals surface area contributed by atoms with E-state index in [-0.39, 0.29) is 12.6 Å². The van der Waals surface area contributed by atoms with E-state index in [0.717, 1.165) is 36.7 Å². The van der Waals surface area contributed by atoms with Crippen LogP contribution in [0, 0.1) is 0 Å². The fraction of sp³-hybridized carbons (Fsp3) is 0.600. The van der Waals surface area contributed by atoms with Gasteiger partial charge in [-0.2, -0.15) is 0 Å². The summed E-state index contributed by atoms with van der Waals surface area (Å²) < 4.78 is 10.7. The highest BCUT2D eigenvalue weighted by Crippen LogP contribution is 2.26. The van der Waals surface area contributed by atoms with Gasteiger partial charge in [0.1, 0.15) is 11.5 Å². The van der Waals surface area contributed by atoms with Crippen molar-refractivity contribution in [3.8, 4) is 11.5 Å². The van der Waals surface area contributed by atoms with Crippen LogP contribution in [-0.4, -0.2) is 56.0 Å². The number of hydrogen-bond acceptors (Lipinski definition) is 5. The number of aliphatic hydroxyl groups is 1. The molecule has 0 amide bonds. The van der Waals surface area contributed by atoms with Crippen LogP contribution in [0.4, 0.5) is 0 Å². The van der Waals surface area contributed by atoms with Gasteiger partial charge in [-0.25, -0.2) is 0 Å². The number of rotatable bonds is 5. The van der Waals surface area contributed by atoms with Crippen molar-refractivity contribution in [3.63, 3.8) is 0 Å². The molecule has 1 aliphatic heterocycles. The van der Waals surface area contributed by atoms with Crippen molar-refractivity contribution < 1.29 is 14.6 Å². The minimum atomic E-state index is 0.151. The Morgan fingerprint density at radius 2 is 2.15 bits per heavy atom. The molecule has 1 aliphatic rings. The summed E-state index contributed by atoms with van der Waals surface area (Å²) in [5, 5.41) is 12.9. The number of hydrogen-bond donors (Lipinski definition) is 2.